The monoisotopic (exact) mass is 449 g/mol. The lowest BCUT2D eigenvalue weighted by atomic mass is 10.0. The van der Waals surface area contributed by atoms with Crippen molar-refractivity contribution >= 4 is 15.9 Å². The van der Waals surface area contributed by atoms with Crippen LogP contribution in [0, 0.1) is 5.82 Å². The summed E-state index contributed by atoms with van der Waals surface area (Å²) in [6.45, 7) is 4.16. The van der Waals surface area contributed by atoms with Crippen molar-refractivity contribution in [3.8, 4) is 5.75 Å². The normalized spacial score (nSPS) is 15.6. The maximum Gasteiger partial charge on any atom is 0.254 e. The number of carbonyl (C=O) groups excluding carboxylic acids is 1. The predicted octanol–water partition coefficient (Wildman–Crippen LogP) is 2.53. The molecule has 0 spiro atoms. The molecule has 2 aromatic carbocycles. The molecule has 0 bridgehead atoms. The van der Waals surface area contributed by atoms with E-state index >= 15 is 0 Å². The number of sulfonamides is 1. The van der Waals surface area contributed by atoms with Gasteiger partial charge in [0.15, 0.2) is 0 Å². The van der Waals surface area contributed by atoms with E-state index in [2.05, 4.69) is 14.9 Å². The molecule has 1 amide bonds. The van der Waals surface area contributed by atoms with Crippen LogP contribution in [0.25, 0.3) is 0 Å². The van der Waals surface area contributed by atoms with E-state index in [0.29, 0.717) is 0 Å². The number of benzene rings is 2. The van der Waals surface area contributed by atoms with Crippen LogP contribution in [0.15, 0.2) is 47.4 Å². The van der Waals surface area contributed by atoms with Crippen molar-refractivity contribution in [2.75, 3.05) is 26.7 Å². The Hall–Kier alpha value is -2.49. The lowest BCUT2D eigenvalue weighted by Gasteiger charge is -2.32. The van der Waals surface area contributed by atoms with Gasteiger partial charge in [0.25, 0.3) is 5.91 Å². The second kappa shape index (κ2) is 10.2. The lowest BCUT2D eigenvalue weighted by Crippen LogP contribution is -2.44. The standard InChI is InChI=1S/C22H28FN3O4S/c1-3-24-31(28,29)18-8-9-20(23)19(14-18)22(27)25-17-10-12-26(13-11-17)15-16-6-4-5-7-21(16)30-2/h4-9,14,17,24H,3,10-13,15H2,1-2H3,(H,25,27). The van der Waals surface area contributed by atoms with Crippen molar-refractivity contribution in [3.63, 3.8) is 0 Å². The van der Waals surface area contributed by atoms with E-state index in [1.807, 2.05) is 24.3 Å². The Labute approximate surface area is 182 Å². The van der Waals surface area contributed by atoms with E-state index < -0.39 is 21.7 Å². The van der Waals surface area contributed by atoms with Gasteiger partial charge in [0, 0.05) is 37.8 Å². The van der Waals surface area contributed by atoms with Crippen LogP contribution in [0.2, 0.25) is 0 Å². The topological polar surface area (TPSA) is 87.7 Å². The van der Waals surface area contributed by atoms with Crippen molar-refractivity contribution in [3.05, 3.63) is 59.4 Å². The van der Waals surface area contributed by atoms with Gasteiger partial charge in [-0.3, -0.25) is 9.69 Å². The summed E-state index contributed by atoms with van der Waals surface area (Å²) in [5.41, 5.74) is 0.837. The van der Waals surface area contributed by atoms with E-state index in [4.69, 9.17) is 4.74 Å². The van der Waals surface area contributed by atoms with Gasteiger partial charge in [0.2, 0.25) is 10.0 Å². The summed E-state index contributed by atoms with van der Waals surface area (Å²) in [7, 11) is -2.12. The SMILES string of the molecule is CCNS(=O)(=O)c1ccc(F)c(C(=O)NC2CCN(Cc3ccccc3OC)CC2)c1. The summed E-state index contributed by atoms with van der Waals surface area (Å²) >= 11 is 0. The highest BCUT2D eigenvalue weighted by atomic mass is 32.2. The van der Waals surface area contributed by atoms with Crippen LogP contribution in [0.4, 0.5) is 4.39 Å². The van der Waals surface area contributed by atoms with Crippen LogP contribution in [0.1, 0.15) is 35.7 Å². The number of halogens is 1. The van der Waals surface area contributed by atoms with Gasteiger partial charge in [-0.25, -0.2) is 17.5 Å². The Kier molecular flexibility index (Phi) is 7.64. The minimum atomic E-state index is -3.77. The van der Waals surface area contributed by atoms with Crippen molar-refractivity contribution in [2.45, 2.75) is 37.2 Å². The molecule has 9 heteroatoms. The zero-order valence-corrected chi connectivity index (χ0v) is 18.5. The van der Waals surface area contributed by atoms with Gasteiger partial charge in [-0.2, -0.15) is 0 Å². The maximum atomic E-state index is 14.2. The highest BCUT2D eigenvalue weighted by Crippen LogP contribution is 2.22. The van der Waals surface area contributed by atoms with Gasteiger partial charge in [-0.15, -0.1) is 0 Å². The summed E-state index contributed by atoms with van der Waals surface area (Å²) in [6.07, 6.45) is 1.44. The molecule has 0 radical (unpaired) electrons. The Bertz CT molecular complexity index is 1020. The molecule has 168 valence electrons. The molecule has 1 fully saturated rings. The third-order valence-electron chi connectivity index (χ3n) is 5.34. The smallest absolute Gasteiger partial charge is 0.254 e. The highest BCUT2D eigenvalue weighted by Gasteiger charge is 2.24. The molecule has 0 aliphatic carbocycles. The van der Waals surface area contributed by atoms with Crippen LogP contribution in [-0.2, 0) is 16.6 Å². The Morgan fingerprint density at radius 2 is 1.90 bits per heavy atom. The van der Waals surface area contributed by atoms with E-state index in [1.165, 1.54) is 0 Å². The molecule has 31 heavy (non-hydrogen) atoms. The van der Waals surface area contributed by atoms with Gasteiger partial charge in [-0.05, 0) is 37.1 Å². The summed E-state index contributed by atoms with van der Waals surface area (Å²) in [4.78, 5) is 14.8. The van der Waals surface area contributed by atoms with Crippen LogP contribution in [0.3, 0.4) is 0 Å². The zero-order chi connectivity index (χ0) is 22.4. The number of hydrogen-bond acceptors (Lipinski definition) is 5. The fraction of sp³-hybridized carbons (Fsp3) is 0.409. The van der Waals surface area contributed by atoms with Crippen molar-refractivity contribution in [1.29, 1.82) is 0 Å². The molecule has 0 unspecified atom stereocenters. The molecule has 1 heterocycles. The number of nitrogens with one attached hydrogen (secondary N) is 2. The number of amides is 1. The first-order valence-electron chi connectivity index (χ1n) is 10.3. The number of likely N-dealkylation sites (tertiary alicyclic amines) is 1. The maximum absolute atomic E-state index is 14.2. The Morgan fingerprint density at radius 3 is 2.58 bits per heavy atom. The van der Waals surface area contributed by atoms with Crippen molar-refractivity contribution < 1.29 is 22.3 Å². The molecule has 3 rings (SSSR count). The van der Waals surface area contributed by atoms with Crippen molar-refractivity contribution in [2.24, 2.45) is 0 Å². The molecule has 1 aliphatic rings. The quantitative estimate of drug-likeness (QED) is 0.647. The number of nitrogens with zero attached hydrogens (tertiary/aromatic N) is 1. The molecular formula is C22H28FN3O4S. The first-order chi connectivity index (χ1) is 14.8. The number of hydrogen-bond donors (Lipinski definition) is 2. The van der Waals surface area contributed by atoms with E-state index in [9.17, 15) is 17.6 Å². The fourth-order valence-electron chi connectivity index (χ4n) is 3.69. The molecule has 1 aliphatic heterocycles. The highest BCUT2D eigenvalue weighted by molar-refractivity contribution is 7.89. The van der Waals surface area contributed by atoms with Gasteiger partial charge < -0.3 is 10.1 Å². The number of rotatable bonds is 8. The molecule has 0 atom stereocenters. The van der Waals surface area contributed by atoms with E-state index in [1.54, 1.807) is 14.0 Å². The van der Waals surface area contributed by atoms with Crippen LogP contribution >= 0.6 is 0 Å². The summed E-state index contributed by atoms with van der Waals surface area (Å²) in [5, 5.41) is 2.85. The van der Waals surface area contributed by atoms with Gasteiger partial charge in [0.05, 0.1) is 17.6 Å². The molecule has 2 N–H and O–H groups in total. The van der Waals surface area contributed by atoms with Crippen LogP contribution < -0.4 is 14.8 Å². The minimum absolute atomic E-state index is 0.102. The average molecular weight is 450 g/mol. The van der Waals surface area contributed by atoms with Gasteiger partial charge >= 0.3 is 0 Å². The molecule has 2 aromatic rings. The third-order valence-corrected chi connectivity index (χ3v) is 6.88. The first kappa shape index (κ1) is 23.2. The lowest BCUT2D eigenvalue weighted by molar-refractivity contribution is 0.0904. The number of methoxy groups -OCH3 is 1. The molecule has 0 aromatic heterocycles. The summed E-state index contributed by atoms with van der Waals surface area (Å²) < 4.78 is 46.3. The van der Waals surface area contributed by atoms with Gasteiger partial charge in [0.1, 0.15) is 11.6 Å². The van der Waals surface area contributed by atoms with Crippen LogP contribution in [0.5, 0.6) is 5.75 Å². The zero-order valence-electron chi connectivity index (χ0n) is 17.7. The second-order valence-electron chi connectivity index (χ2n) is 7.48. The third kappa shape index (κ3) is 5.81. The Morgan fingerprint density at radius 1 is 1.19 bits per heavy atom. The largest absolute Gasteiger partial charge is 0.496 e. The predicted molar refractivity (Wildman–Crippen MR) is 116 cm³/mol. The average Bonchev–Trinajstić information content (AvgIpc) is 2.75. The van der Waals surface area contributed by atoms with E-state index in [0.717, 1.165) is 62.0 Å². The summed E-state index contributed by atoms with van der Waals surface area (Å²) in [6, 6.07) is 11.0. The second-order valence-corrected chi connectivity index (χ2v) is 9.25. The molecule has 0 saturated carbocycles. The number of ether oxygens (including phenoxy) is 1. The fourth-order valence-corrected chi connectivity index (χ4v) is 4.76. The summed E-state index contributed by atoms with van der Waals surface area (Å²) in [5.74, 6) is -0.503. The van der Waals surface area contributed by atoms with Gasteiger partial charge in [-0.1, -0.05) is 25.1 Å². The van der Waals surface area contributed by atoms with Crippen molar-refractivity contribution in [1.82, 2.24) is 14.9 Å². The number of para-hydroxylation sites is 1. The first-order valence-corrected chi connectivity index (χ1v) is 11.8. The molecular weight excluding hydrogens is 421 g/mol. The minimum Gasteiger partial charge on any atom is -0.496 e. The Balaban J connectivity index is 1.60. The number of piperidine rings is 1. The molecule has 1 saturated heterocycles. The molecule has 7 nitrogen and oxygen atoms in total. The van der Waals surface area contributed by atoms with E-state index in [-0.39, 0.29) is 23.0 Å². The number of carbonyl (C=O) groups is 1. The van der Waals surface area contributed by atoms with Crippen LogP contribution in [-0.4, -0.2) is 52.0 Å².